The van der Waals surface area contributed by atoms with Gasteiger partial charge in [-0.3, -0.25) is 4.79 Å². The predicted octanol–water partition coefficient (Wildman–Crippen LogP) is -1.25. The number of fused-ring (bicyclic) bond motifs is 1. The summed E-state index contributed by atoms with van der Waals surface area (Å²) in [5, 5.41) is 0.771. The van der Waals surface area contributed by atoms with Gasteiger partial charge in [-0.25, -0.2) is 9.52 Å². The second kappa shape index (κ2) is 11.2. The fourth-order valence-electron chi connectivity index (χ4n) is 3.07. The van der Waals surface area contributed by atoms with E-state index in [1.54, 1.807) is 24.9 Å². The molecule has 1 heterocycles. The minimum atomic E-state index is -4.26. The van der Waals surface area contributed by atoms with Gasteiger partial charge in [0.05, 0.1) is 0 Å². The Morgan fingerprint density at radius 3 is 2.41 bits per heavy atom. The third-order valence-electron chi connectivity index (χ3n) is 4.69. The van der Waals surface area contributed by atoms with E-state index < -0.39 is 28.3 Å². The molecule has 2 rings (SSSR count). The zero-order chi connectivity index (χ0) is 23.9. The van der Waals surface area contributed by atoms with Crippen molar-refractivity contribution in [3.05, 3.63) is 36.0 Å². The molecule has 32 heavy (non-hydrogen) atoms. The Labute approximate surface area is 187 Å². The molecule has 0 spiro atoms. The summed E-state index contributed by atoms with van der Waals surface area (Å²) in [6.45, 7) is 0.350. The largest absolute Gasteiger partial charge is 0.443 e. The smallest absolute Gasteiger partial charge is 0.422 e. The van der Waals surface area contributed by atoms with E-state index >= 15 is 0 Å². The summed E-state index contributed by atoms with van der Waals surface area (Å²) in [7, 11) is -0.653. The highest BCUT2D eigenvalue weighted by Gasteiger charge is 2.27. The molecular formula is C19H31N7O5S. The molecule has 2 aromatic rings. The van der Waals surface area contributed by atoms with Crippen molar-refractivity contribution in [2.75, 3.05) is 40.3 Å². The molecule has 0 radical (unpaired) electrons. The van der Waals surface area contributed by atoms with Gasteiger partial charge in [-0.15, -0.1) is 0 Å². The first kappa shape index (κ1) is 25.5. The lowest BCUT2D eigenvalue weighted by Crippen LogP contribution is -2.47. The quantitative estimate of drug-likeness (QED) is 0.297. The van der Waals surface area contributed by atoms with Crippen molar-refractivity contribution in [2.45, 2.75) is 19.2 Å². The molecule has 0 saturated carbocycles. The molecule has 1 aromatic heterocycles. The molecule has 1 aromatic carbocycles. The van der Waals surface area contributed by atoms with Crippen LogP contribution in [0.15, 0.2) is 30.5 Å². The standard InChI is InChI=1S/C19H31N7O5S/c1-24(2)7-8-26(32(29,30)23-19(28)31-15(9-20)10-21)12-14-11-25(13-18(22)27)17-6-4-3-5-16(14)17/h3-6,11,15H,7-10,12-13,20-21H2,1-2H3,(H2,22,27)(H,23,28). The monoisotopic (exact) mass is 469 g/mol. The van der Waals surface area contributed by atoms with Crippen LogP contribution in [0.25, 0.3) is 10.9 Å². The number of amides is 2. The zero-order valence-corrected chi connectivity index (χ0v) is 19.0. The van der Waals surface area contributed by atoms with E-state index in [9.17, 15) is 18.0 Å². The Balaban J connectivity index is 2.33. The van der Waals surface area contributed by atoms with Crippen LogP contribution in [0.4, 0.5) is 4.79 Å². The number of nitrogens with zero attached hydrogens (tertiary/aromatic N) is 3. The van der Waals surface area contributed by atoms with Crippen molar-refractivity contribution in [1.29, 1.82) is 0 Å². The Bertz CT molecular complexity index is 1030. The van der Waals surface area contributed by atoms with Crippen LogP contribution >= 0.6 is 0 Å². The van der Waals surface area contributed by atoms with E-state index in [4.69, 9.17) is 21.9 Å². The summed E-state index contributed by atoms with van der Waals surface area (Å²) in [5.41, 5.74) is 17.6. The van der Waals surface area contributed by atoms with Gasteiger partial charge in [0.15, 0.2) is 0 Å². The van der Waals surface area contributed by atoms with Gasteiger partial charge in [0.2, 0.25) is 5.91 Å². The van der Waals surface area contributed by atoms with Gasteiger partial charge in [0.25, 0.3) is 0 Å². The predicted molar refractivity (Wildman–Crippen MR) is 121 cm³/mol. The Morgan fingerprint density at radius 1 is 1.16 bits per heavy atom. The lowest BCUT2D eigenvalue weighted by atomic mass is 10.2. The third kappa shape index (κ3) is 6.90. The van der Waals surface area contributed by atoms with E-state index in [0.29, 0.717) is 12.1 Å². The highest BCUT2D eigenvalue weighted by molar-refractivity contribution is 7.87. The van der Waals surface area contributed by atoms with E-state index in [2.05, 4.69) is 0 Å². The summed E-state index contributed by atoms with van der Waals surface area (Å²) in [4.78, 5) is 25.4. The molecule has 0 bridgehead atoms. The number of hydrogen-bond acceptors (Lipinski definition) is 8. The van der Waals surface area contributed by atoms with Gasteiger partial charge in [-0.05, 0) is 25.7 Å². The summed E-state index contributed by atoms with van der Waals surface area (Å²) in [5.74, 6) is -0.520. The Kier molecular flexibility index (Phi) is 8.98. The number of nitrogens with one attached hydrogen (secondary N) is 1. The summed E-state index contributed by atoms with van der Waals surface area (Å²) in [6.07, 6.45) is -0.269. The molecule has 178 valence electrons. The normalized spacial score (nSPS) is 12.1. The molecule has 0 aliphatic carbocycles. The minimum absolute atomic E-state index is 0.0340. The van der Waals surface area contributed by atoms with Crippen molar-refractivity contribution in [3.8, 4) is 0 Å². The molecule has 13 heteroatoms. The molecular weight excluding hydrogens is 438 g/mol. The van der Waals surface area contributed by atoms with Crippen molar-refractivity contribution in [2.24, 2.45) is 17.2 Å². The van der Waals surface area contributed by atoms with Crippen molar-refractivity contribution < 1.29 is 22.7 Å². The number of benzene rings is 1. The minimum Gasteiger partial charge on any atom is -0.443 e. The van der Waals surface area contributed by atoms with Crippen LogP contribution in [0.1, 0.15) is 5.56 Å². The van der Waals surface area contributed by atoms with E-state index in [1.165, 1.54) is 0 Å². The van der Waals surface area contributed by atoms with Gasteiger partial charge in [0, 0.05) is 49.8 Å². The summed E-state index contributed by atoms with van der Waals surface area (Å²) in [6, 6.07) is 7.27. The van der Waals surface area contributed by atoms with E-state index in [-0.39, 0.29) is 32.7 Å². The number of carbonyl (C=O) groups is 2. The van der Waals surface area contributed by atoms with E-state index in [0.717, 1.165) is 15.2 Å². The fourth-order valence-corrected chi connectivity index (χ4v) is 4.09. The first-order chi connectivity index (χ1) is 15.1. The second-order valence-electron chi connectivity index (χ2n) is 7.51. The van der Waals surface area contributed by atoms with Crippen LogP contribution < -0.4 is 21.9 Å². The van der Waals surface area contributed by atoms with Crippen LogP contribution in [0.5, 0.6) is 0 Å². The average Bonchev–Trinajstić information content (AvgIpc) is 3.05. The van der Waals surface area contributed by atoms with Gasteiger partial charge < -0.3 is 31.4 Å². The Hall–Kier alpha value is -2.71. The van der Waals surface area contributed by atoms with Crippen LogP contribution in [0.2, 0.25) is 0 Å². The van der Waals surface area contributed by atoms with Crippen LogP contribution in [0.3, 0.4) is 0 Å². The maximum absolute atomic E-state index is 13.0. The van der Waals surface area contributed by atoms with Crippen molar-refractivity contribution in [1.82, 2.24) is 18.5 Å². The van der Waals surface area contributed by atoms with Crippen molar-refractivity contribution in [3.63, 3.8) is 0 Å². The molecule has 2 amide bonds. The number of primary amides is 1. The van der Waals surface area contributed by atoms with Gasteiger partial charge in [-0.1, -0.05) is 18.2 Å². The number of rotatable bonds is 12. The number of nitrogens with two attached hydrogens (primary N) is 3. The number of hydrogen-bond donors (Lipinski definition) is 4. The number of aromatic nitrogens is 1. The summed E-state index contributed by atoms with van der Waals surface area (Å²) >= 11 is 0. The van der Waals surface area contributed by atoms with E-state index in [1.807, 2.05) is 33.9 Å². The number of para-hydroxylation sites is 1. The number of carbonyl (C=O) groups excluding carboxylic acids is 2. The topological polar surface area (TPSA) is 179 Å². The third-order valence-corrected chi connectivity index (χ3v) is 6.11. The highest BCUT2D eigenvalue weighted by atomic mass is 32.2. The van der Waals surface area contributed by atoms with Gasteiger partial charge >= 0.3 is 16.3 Å². The van der Waals surface area contributed by atoms with Crippen LogP contribution in [-0.2, 0) is 32.8 Å². The molecule has 0 aliphatic rings. The summed E-state index contributed by atoms with van der Waals surface area (Å²) < 4.78 is 35.6. The average molecular weight is 470 g/mol. The van der Waals surface area contributed by atoms with Crippen LogP contribution in [-0.4, -0.2) is 80.6 Å². The Morgan fingerprint density at radius 2 is 1.81 bits per heavy atom. The lowest BCUT2D eigenvalue weighted by molar-refractivity contribution is -0.118. The maximum atomic E-state index is 13.0. The molecule has 0 unspecified atom stereocenters. The van der Waals surface area contributed by atoms with Crippen LogP contribution in [0, 0.1) is 0 Å². The zero-order valence-electron chi connectivity index (χ0n) is 18.2. The molecule has 0 aliphatic heterocycles. The fraction of sp³-hybridized carbons (Fsp3) is 0.474. The van der Waals surface area contributed by atoms with Crippen molar-refractivity contribution >= 4 is 33.1 Å². The van der Waals surface area contributed by atoms with Gasteiger partial charge in [0.1, 0.15) is 12.6 Å². The lowest BCUT2D eigenvalue weighted by Gasteiger charge is -2.24. The molecule has 0 atom stereocenters. The maximum Gasteiger partial charge on any atom is 0.422 e. The molecule has 7 N–H and O–H groups in total. The van der Waals surface area contributed by atoms with Gasteiger partial charge in [-0.2, -0.15) is 12.7 Å². The number of ether oxygens (including phenoxy) is 1. The first-order valence-corrected chi connectivity index (χ1v) is 11.4. The molecule has 12 nitrogen and oxygen atoms in total. The SMILES string of the molecule is CN(C)CCN(Cc1cn(CC(N)=O)c2ccccc12)S(=O)(=O)NC(=O)OC(CN)CN. The molecule has 0 fully saturated rings. The second-order valence-corrected chi connectivity index (χ2v) is 9.18. The number of likely N-dealkylation sites (N-methyl/N-ethyl adjacent to an activating group) is 1. The molecule has 0 saturated heterocycles. The first-order valence-electron chi connectivity index (χ1n) is 9.95. The highest BCUT2D eigenvalue weighted by Crippen LogP contribution is 2.23.